The molecule has 1 saturated heterocycles. The lowest BCUT2D eigenvalue weighted by molar-refractivity contribution is -0.384. The van der Waals surface area contributed by atoms with E-state index in [1.165, 1.54) is 25.3 Å². The number of phenolic OH excluding ortho intramolecular Hbond substituents is 1. The van der Waals surface area contributed by atoms with Crippen LogP contribution in [0.3, 0.4) is 0 Å². The van der Waals surface area contributed by atoms with Crippen LogP contribution in [0.25, 0.3) is 6.08 Å². The minimum atomic E-state index is -0.531. The summed E-state index contributed by atoms with van der Waals surface area (Å²) in [5.41, 5.74) is 1.53. The number of non-ortho nitro benzene ring substituents is 1. The van der Waals surface area contributed by atoms with E-state index in [2.05, 4.69) is 6.58 Å². The molecule has 0 atom stereocenters. The Bertz CT molecular complexity index is 1080. The van der Waals surface area contributed by atoms with Crippen molar-refractivity contribution < 1.29 is 24.4 Å². The van der Waals surface area contributed by atoms with Crippen LogP contribution in [0, 0.1) is 10.1 Å². The SMILES string of the molecule is C=CCc1cc(C=C2SC(=O)N(Cc3cccc([N+](=O)[O-])c3)C2=O)cc(OC)c1O. The van der Waals surface area contributed by atoms with E-state index in [9.17, 15) is 24.8 Å². The summed E-state index contributed by atoms with van der Waals surface area (Å²) < 4.78 is 5.18. The van der Waals surface area contributed by atoms with E-state index >= 15 is 0 Å². The molecule has 2 aromatic carbocycles. The Balaban J connectivity index is 1.88. The van der Waals surface area contributed by atoms with Gasteiger partial charge in [-0.3, -0.25) is 24.6 Å². The molecular weight excluding hydrogens is 408 g/mol. The molecule has 2 amide bonds. The van der Waals surface area contributed by atoms with Gasteiger partial charge in [0.05, 0.1) is 23.5 Å². The van der Waals surface area contributed by atoms with Crippen LogP contribution < -0.4 is 4.74 Å². The molecule has 8 nitrogen and oxygen atoms in total. The summed E-state index contributed by atoms with van der Waals surface area (Å²) in [5, 5.41) is 20.7. The average molecular weight is 426 g/mol. The van der Waals surface area contributed by atoms with E-state index in [-0.39, 0.29) is 28.6 Å². The number of aromatic hydroxyl groups is 1. The molecule has 9 heteroatoms. The molecule has 0 spiro atoms. The minimum Gasteiger partial charge on any atom is -0.504 e. The first kappa shape index (κ1) is 21.1. The van der Waals surface area contributed by atoms with E-state index in [0.717, 1.165) is 16.7 Å². The highest BCUT2D eigenvalue weighted by atomic mass is 32.2. The number of rotatable bonds is 7. The van der Waals surface area contributed by atoms with Gasteiger partial charge in [-0.2, -0.15) is 0 Å². The van der Waals surface area contributed by atoms with Crippen LogP contribution in [0.4, 0.5) is 10.5 Å². The van der Waals surface area contributed by atoms with Gasteiger partial charge in [-0.05, 0) is 47.5 Å². The summed E-state index contributed by atoms with van der Waals surface area (Å²) in [6.45, 7) is 3.59. The van der Waals surface area contributed by atoms with Crippen LogP contribution in [0.2, 0.25) is 0 Å². The highest BCUT2D eigenvalue weighted by molar-refractivity contribution is 8.18. The molecular formula is C21H18N2O6S. The number of nitro groups is 1. The monoisotopic (exact) mass is 426 g/mol. The Morgan fingerprint density at radius 2 is 2.07 bits per heavy atom. The number of phenols is 1. The Kier molecular flexibility index (Phi) is 6.22. The Morgan fingerprint density at radius 1 is 1.30 bits per heavy atom. The molecule has 0 aliphatic carbocycles. The van der Waals surface area contributed by atoms with E-state index < -0.39 is 16.1 Å². The average Bonchev–Trinajstić information content (AvgIpc) is 2.98. The number of carbonyl (C=O) groups excluding carboxylic acids is 2. The van der Waals surface area contributed by atoms with Gasteiger partial charge in [0, 0.05) is 17.7 Å². The second-order valence-electron chi connectivity index (χ2n) is 6.42. The van der Waals surface area contributed by atoms with Gasteiger partial charge < -0.3 is 9.84 Å². The number of methoxy groups -OCH3 is 1. The maximum Gasteiger partial charge on any atom is 0.293 e. The first-order valence-electron chi connectivity index (χ1n) is 8.83. The molecule has 3 rings (SSSR count). The number of ether oxygens (including phenoxy) is 1. The molecule has 1 aliphatic rings. The van der Waals surface area contributed by atoms with E-state index in [4.69, 9.17) is 4.74 Å². The number of allylic oxidation sites excluding steroid dienone is 1. The number of amides is 2. The number of benzene rings is 2. The van der Waals surface area contributed by atoms with Crippen molar-refractivity contribution in [3.63, 3.8) is 0 Å². The first-order chi connectivity index (χ1) is 14.3. The molecule has 0 unspecified atom stereocenters. The predicted molar refractivity (Wildman–Crippen MR) is 113 cm³/mol. The van der Waals surface area contributed by atoms with Gasteiger partial charge in [0.15, 0.2) is 11.5 Å². The zero-order valence-electron chi connectivity index (χ0n) is 16.0. The molecule has 1 N–H and O–H groups in total. The van der Waals surface area contributed by atoms with Gasteiger partial charge in [-0.15, -0.1) is 6.58 Å². The largest absolute Gasteiger partial charge is 0.504 e. The summed E-state index contributed by atoms with van der Waals surface area (Å²) in [4.78, 5) is 36.8. The summed E-state index contributed by atoms with van der Waals surface area (Å²) in [6, 6.07) is 9.05. The van der Waals surface area contributed by atoms with Crippen molar-refractivity contribution in [3.8, 4) is 11.5 Å². The molecule has 0 radical (unpaired) electrons. The smallest absolute Gasteiger partial charge is 0.293 e. The third-order valence-electron chi connectivity index (χ3n) is 4.39. The summed E-state index contributed by atoms with van der Waals surface area (Å²) >= 11 is 0.784. The third kappa shape index (κ3) is 4.36. The van der Waals surface area contributed by atoms with Gasteiger partial charge in [0.1, 0.15) is 0 Å². The summed E-state index contributed by atoms with van der Waals surface area (Å²) in [7, 11) is 1.42. The van der Waals surface area contributed by atoms with Gasteiger partial charge in [0.2, 0.25) is 0 Å². The number of hydrogen-bond donors (Lipinski definition) is 1. The van der Waals surface area contributed by atoms with Crippen molar-refractivity contribution in [1.82, 2.24) is 4.90 Å². The van der Waals surface area contributed by atoms with E-state index in [1.807, 2.05) is 0 Å². The van der Waals surface area contributed by atoms with Crippen LogP contribution >= 0.6 is 11.8 Å². The molecule has 30 heavy (non-hydrogen) atoms. The highest BCUT2D eigenvalue weighted by Gasteiger charge is 2.35. The lowest BCUT2D eigenvalue weighted by Gasteiger charge is -2.12. The minimum absolute atomic E-state index is 0.00618. The van der Waals surface area contributed by atoms with Gasteiger partial charge in [0.25, 0.3) is 16.8 Å². The van der Waals surface area contributed by atoms with Gasteiger partial charge >= 0.3 is 0 Å². The highest BCUT2D eigenvalue weighted by Crippen LogP contribution is 2.37. The van der Waals surface area contributed by atoms with Gasteiger partial charge in [-0.1, -0.05) is 18.2 Å². The number of nitro benzene ring substituents is 1. The second-order valence-corrected chi connectivity index (χ2v) is 7.41. The first-order valence-corrected chi connectivity index (χ1v) is 9.65. The van der Waals surface area contributed by atoms with Crippen molar-refractivity contribution in [3.05, 3.63) is 80.8 Å². The van der Waals surface area contributed by atoms with Gasteiger partial charge in [-0.25, -0.2) is 0 Å². The maximum absolute atomic E-state index is 12.8. The number of carbonyl (C=O) groups is 2. The quantitative estimate of drug-likeness (QED) is 0.305. The topological polar surface area (TPSA) is 110 Å². The zero-order valence-corrected chi connectivity index (χ0v) is 16.8. The molecule has 0 saturated carbocycles. The Hall–Kier alpha value is -3.59. The van der Waals surface area contributed by atoms with Crippen molar-refractivity contribution in [1.29, 1.82) is 0 Å². The maximum atomic E-state index is 12.8. The van der Waals surface area contributed by atoms with Crippen LogP contribution in [0.1, 0.15) is 16.7 Å². The summed E-state index contributed by atoms with van der Waals surface area (Å²) in [5.74, 6) is -0.251. The summed E-state index contributed by atoms with van der Waals surface area (Å²) in [6.07, 6.45) is 3.58. The molecule has 154 valence electrons. The van der Waals surface area contributed by atoms with Crippen molar-refractivity contribution in [2.75, 3.05) is 7.11 Å². The van der Waals surface area contributed by atoms with Crippen LogP contribution in [-0.2, 0) is 17.8 Å². The van der Waals surface area contributed by atoms with E-state index in [0.29, 0.717) is 23.1 Å². The standard InChI is InChI=1S/C21H18N2O6S/c1-3-5-15-8-14(10-17(29-2)19(15)24)11-18-20(25)22(21(26)30-18)12-13-6-4-7-16(9-13)23(27)28/h3-4,6-11,24H,1,5,12H2,2H3. The molecule has 0 bridgehead atoms. The molecule has 1 fully saturated rings. The number of thioether (sulfide) groups is 1. The molecule has 1 heterocycles. The van der Waals surface area contributed by atoms with Crippen molar-refractivity contribution in [2.24, 2.45) is 0 Å². The van der Waals surface area contributed by atoms with Crippen LogP contribution in [-0.4, -0.2) is 33.2 Å². The Morgan fingerprint density at radius 3 is 2.73 bits per heavy atom. The predicted octanol–water partition coefficient (Wildman–Crippen LogP) is 4.27. The molecule has 2 aromatic rings. The Labute approximate surface area is 176 Å². The van der Waals surface area contributed by atoms with E-state index in [1.54, 1.807) is 30.4 Å². The lowest BCUT2D eigenvalue weighted by atomic mass is 10.1. The second kappa shape index (κ2) is 8.83. The fourth-order valence-corrected chi connectivity index (χ4v) is 3.82. The number of hydrogen-bond acceptors (Lipinski definition) is 7. The zero-order chi connectivity index (χ0) is 21.8. The van der Waals surface area contributed by atoms with Crippen LogP contribution in [0.15, 0.2) is 54.0 Å². The number of nitrogens with zero attached hydrogens (tertiary/aromatic N) is 2. The molecule has 0 aromatic heterocycles. The fraction of sp³-hybridized carbons (Fsp3) is 0.143. The van der Waals surface area contributed by atoms with Crippen LogP contribution in [0.5, 0.6) is 11.5 Å². The number of imide groups is 1. The third-order valence-corrected chi connectivity index (χ3v) is 5.30. The normalized spacial score (nSPS) is 15.0. The lowest BCUT2D eigenvalue weighted by Crippen LogP contribution is -2.27. The fourth-order valence-electron chi connectivity index (χ4n) is 2.98. The molecule has 1 aliphatic heterocycles. The van der Waals surface area contributed by atoms with Crippen molar-refractivity contribution >= 4 is 34.7 Å². The van der Waals surface area contributed by atoms with Crippen molar-refractivity contribution in [2.45, 2.75) is 13.0 Å².